The number of phenolic OH excluding ortho intramolecular Hbond substituents is 1. The lowest BCUT2D eigenvalue weighted by Gasteiger charge is -2.42. The van der Waals surface area contributed by atoms with Crippen LogP contribution in [-0.4, -0.2) is 66.2 Å². The number of phenols is 1. The minimum absolute atomic E-state index is 0.0859. The number of benzene rings is 1. The highest BCUT2D eigenvalue weighted by molar-refractivity contribution is 7.14. The van der Waals surface area contributed by atoms with Crippen molar-refractivity contribution in [1.29, 1.82) is 0 Å². The van der Waals surface area contributed by atoms with Gasteiger partial charge in [0.25, 0.3) is 5.91 Å². The molecule has 162 valence electrons. The average molecular weight is 433 g/mol. The van der Waals surface area contributed by atoms with Crippen LogP contribution in [0.25, 0.3) is 0 Å². The lowest BCUT2D eigenvalue weighted by atomic mass is 9.88. The number of carbonyl (C=O) groups excluding carboxylic acids is 2. The number of hydrogen-bond donors (Lipinski definition) is 3. The lowest BCUT2D eigenvalue weighted by Crippen LogP contribution is -2.55. The molecule has 1 aliphatic heterocycles. The Balaban J connectivity index is 1.55. The van der Waals surface area contributed by atoms with E-state index in [-0.39, 0.29) is 29.2 Å². The highest BCUT2D eigenvalue weighted by Gasteiger charge is 2.35. The Labute approximate surface area is 180 Å². The molecule has 8 nitrogen and oxygen atoms in total. The van der Waals surface area contributed by atoms with Gasteiger partial charge < -0.3 is 20.1 Å². The summed E-state index contributed by atoms with van der Waals surface area (Å²) in [7, 11) is 4.05. The first kappa shape index (κ1) is 22.2. The summed E-state index contributed by atoms with van der Waals surface area (Å²) in [5.74, 6) is -0.631. The number of rotatable bonds is 7. The van der Waals surface area contributed by atoms with Gasteiger partial charge in [-0.15, -0.1) is 11.3 Å². The second-order valence-electron chi connectivity index (χ2n) is 7.80. The molecule has 30 heavy (non-hydrogen) atoms. The molecule has 3 N–H and O–H groups in total. The summed E-state index contributed by atoms with van der Waals surface area (Å²) < 4.78 is 5.46. The molecule has 9 heteroatoms. The number of amides is 2. The first-order chi connectivity index (χ1) is 14.3. The quantitative estimate of drug-likeness (QED) is 0.620. The van der Waals surface area contributed by atoms with E-state index in [1.807, 2.05) is 21.0 Å². The van der Waals surface area contributed by atoms with Crippen molar-refractivity contribution in [3.8, 4) is 5.75 Å². The van der Waals surface area contributed by atoms with E-state index in [0.29, 0.717) is 30.6 Å². The summed E-state index contributed by atoms with van der Waals surface area (Å²) in [6.45, 7) is 3.79. The largest absolute Gasteiger partial charge is 0.507 e. The van der Waals surface area contributed by atoms with Crippen LogP contribution in [0.2, 0.25) is 0 Å². The number of hydrogen-bond acceptors (Lipinski definition) is 7. The molecule has 0 aliphatic carbocycles. The predicted octanol–water partition coefficient (Wildman–Crippen LogP) is 2.18. The van der Waals surface area contributed by atoms with E-state index >= 15 is 0 Å². The maximum Gasteiger partial charge on any atom is 0.261 e. The van der Waals surface area contributed by atoms with Gasteiger partial charge >= 0.3 is 0 Å². The molecule has 0 spiro atoms. The van der Waals surface area contributed by atoms with Crippen molar-refractivity contribution in [2.75, 3.05) is 39.2 Å². The van der Waals surface area contributed by atoms with Gasteiger partial charge in [0.2, 0.25) is 5.91 Å². The zero-order valence-corrected chi connectivity index (χ0v) is 18.3. The van der Waals surface area contributed by atoms with Crippen molar-refractivity contribution in [1.82, 2.24) is 15.2 Å². The highest BCUT2D eigenvalue weighted by atomic mass is 32.1. The third-order valence-electron chi connectivity index (χ3n) is 5.50. The van der Waals surface area contributed by atoms with Gasteiger partial charge in [-0.25, -0.2) is 4.98 Å². The number of likely N-dealkylation sites (N-methyl/N-ethyl adjacent to an activating group) is 1. The molecule has 1 aromatic heterocycles. The molecule has 0 bridgehead atoms. The fraction of sp³-hybridized carbons (Fsp3) is 0.476. The molecular formula is C21H28N4O4S. The van der Waals surface area contributed by atoms with Crippen LogP contribution in [0, 0.1) is 6.92 Å². The smallest absolute Gasteiger partial charge is 0.261 e. The Morgan fingerprint density at radius 2 is 2.03 bits per heavy atom. The summed E-state index contributed by atoms with van der Waals surface area (Å²) in [5.41, 5.74) is 1.56. The minimum Gasteiger partial charge on any atom is -0.507 e. The van der Waals surface area contributed by atoms with Crippen molar-refractivity contribution in [3.63, 3.8) is 0 Å². The molecule has 0 saturated carbocycles. The molecule has 0 radical (unpaired) electrons. The van der Waals surface area contributed by atoms with E-state index in [4.69, 9.17) is 4.74 Å². The number of aromatic hydroxyl groups is 1. The van der Waals surface area contributed by atoms with Gasteiger partial charge in [0.05, 0.1) is 17.7 Å². The molecule has 1 aromatic carbocycles. The van der Waals surface area contributed by atoms with Crippen molar-refractivity contribution in [2.45, 2.75) is 31.7 Å². The Kier molecular flexibility index (Phi) is 7.06. The first-order valence-electron chi connectivity index (χ1n) is 9.86. The average Bonchev–Trinajstić information content (AvgIpc) is 3.15. The summed E-state index contributed by atoms with van der Waals surface area (Å²) in [5, 5.41) is 17.7. The number of thiazole rings is 1. The highest BCUT2D eigenvalue weighted by Crippen LogP contribution is 2.25. The van der Waals surface area contributed by atoms with E-state index in [1.54, 1.807) is 17.5 Å². The standard InChI is InChI=1S/C21H28N4O4S/c1-14-4-5-17(26)16(10-14)19(28)24-20-23-15(12-30-20)11-18(27)22-13-21(25(2)3)6-8-29-9-7-21/h4-5,10,12,26H,6-9,11,13H2,1-3H3,(H,22,27)(H,23,24,28). The summed E-state index contributed by atoms with van der Waals surface area (Å²) in [6, 6.07) is 4.83. The van der Waals surface area contributed by atoms with Crippen LogP contribution in [0.15, 0.2) is 23.6 Å². The second-order valence-corrected chi connectivity index (χ2v) is 8.66. The topological polar surface area (TPSA) is 104 Å². The maximum absolute atomic E-state index is 12.4. The van der Waals surface area contributed by atoms with Gasteiger partial charge in [0, 0.05) is 30.7 Å². The van der Waals surface area contributed by atoms with E-state index in [9.17, 15) is 14.7 Å². The van der Waals surface area contributed by atoms with E-state index < -0.39 is 5.91 Å². The number of ether oxygens (including phenoxy) is 1. The SMILES string of the molecule is Cc1ccc(O)c(C(=O)Nc2nc(CC(=O)NCC3(N(C)C)CCOCC3)cs2)c1. The molecule has 2 amide bonds. The normalized spacial score (nSPS) is 15.7. The van der Waals surface area contributed by atoms with Crippen molar-refractivity contribution in [3.05, 3.63) is 40.4 Å². The molecular weight excluding hydrogens is 404 g/mol. The molecule has 1 fully saturated rings. The van der Waals surface area contributed by atoms with E-state index in [1.165, 1.54) is 17.4 Å². The summed E-state index contributed by atoms with van der Waals surface area (Å²) in [6.07, 6.45) is 1.89. The molecule has 2 heterocycles. The van der Waals surface area contributed by atoms with Crippen LogP contribution in [-0.2, 0) is 16.0 Å². The van der Waals surface area contributed by atoms with Crippen molar-refractivity contribution < 1.29 is 19.4 Å². The number of aromatic nitrogens is 1. The first-order valence-corrected chi connectivity index (χ1v) is 10.7. The van der Waals surface area contributed by atoms with Crippen LogP contribution in [0.4, 0.5) is 5.13 Å². The van der Waals surface area contributed by atoms with Gasteiger partial charge in [-0.1, -0.05) is 11.6 Å². The monoisotopic (exact) mass is 432 g/mol. The number of aryl methyl sites for hydroxylation is 1. The lowest BCUT2D eigenvalue weighted by molar-refractivity contribution is -0.121. The zero-order chi connectivity index (χ0) is 21.7. The third kappa shape index (κ3) is 5.35. The Morgan fingerprint density at radius 1 is 1.30 bits per heavy atom. The molecule has 0 atom stereocenters. The van der Waals surface area contributed by atoms with Gasteiger partial charge in [-0.2, -0.15) is 0 Å². The van der Waals surface area contributed by atoms with Crippen LogP contribution < -0.4 is 10.6 Å². The maximum atomic E-state index is 12.4. The molecule has 1 saturated heterocycles. The molecule has 0 unspecified atom stereocenters. The zero-order valence-electron chi connectivity index (χ0n) is 17.5. The fourth-order valence-corrected chi connectivity index (χ4v) is 4.17. The Hall–Kier alpha value is -2.49. The van der Waals surface area contributed by atoms with Crippen LogP contribution in [0.5, 0.6) is 5.75 Å². The second kappa shape index (κ2) is 9.55. The van der Waals surface area contributed by atoms with E-state index in [0.717, 1.165) is 18.4 Å². The van der Waals surface area contributed by atoms with Gasteiger partial charge in [-0.3, -0.25) is 14.9 Å². The van der Waals surface area contributed by atoms with Crippen molar-refractivity contribution >= 4 is 28.3 Å². The predicted molar refractivity (Wildman–Crippen MR) is 116 cm³/mol. The van der Waals surface area contributed by atoms with E-state index in [2.05, 4.69) is 20.5 Å². The van der Waals surface area contributed by atoms with Crippen molar-refractivity contribution in [2.24, 2.45) is 0 Å². The van der Waals surface area contributed by atoms with Gasteiger partial charge in [0.1, 0.15) is 5.75 Å². The van der Waals surface area contributed by atoms with Crippen LogP contribution in [0.3, 0.4) is 0 Å². The number of nitrogens with zero attached hydrogens (tertiary/aromatic N) is 2. The van der Waals surface area contributed by atoms with Crippen LogP contribution >= 0.6 is 11.3 Å². The third-order valence-corrected chi connectivity index (χ3v) is 6.30. The molecule has 1 aliphatic rings. The summed E-state index contributed by atoms with van der Waals surface area (Å²) >= 11 is 1.25. The number of carbonyl (C=O) groups is 2. The number of anilines is 1. The number of nitrogens with one attached hydrogen (secondary N) is 2. The molecule has 2 aromatic rings. The van der Waals surface area contributed by atoms with Crippen LogP contribution in [0.1, 0.15) is 34.5 Å². The molecule has 3 rings (SSSR count). The fourth-order valence-electron chi connectivity index (χ4n) is 3.47. The minimum atomic E-state index is -0.436. The Bertz CT molecular complexity index is 906. The van der Waals surface area contributed by atoms with Gasteiger partial charge in [0.15, 0.2) is 5.13 Å². The van der Waals surface area contributed by atoms with Gasteiger partial charge in [-0.05, 0) is 46.0 Å². The Morgan fingerprint density at radius 3 is 2.73 bits per heavy atom. The summed E-state index contributed by atoms with van der Waals surface area (Å²) in [4.78, 5) is 31.3.